The summed E-state index contributed by atoms with van der Waals surface area (Å²) in [5.74, 6) is -0.172. The molecule has 1 aliphatic rings. The number of sulfonamides is 1. The van der Waals surface area contributed by atoms with Gasteiger partial charge in [0.05, 0.1) is 10.7 Å². The number of hydrogen-bond donors (Lipinski definition) is 0. The van der Waals surface area contributed by atoms with Gasteiger partial charge >= 0.3 is 0 Å². The zero-order chi connectivity index (χ0) is 13.9. The van der Waals surface area contributed by atoms with Gasteiger partial charge in [0.2, 0.25) is 10.0 Å². The number of nitrogens with zero attached hydrogens (tertiary/aromatic N) is 2. The van der Waals surface area contributed by atoms with Crippen molar-refractivity contribution >= 4 is 15.7 Å². The summed E-state index contributed by atoms with van der Waals surface area (Å²) in [7, 11) is -3.37. The molecule has 104 valence electrons. The summed E-state index contributed by atoms with van der Waals surface area (Å²) in [6, 6.07) is 5.80. The van der Waals surface area contributed by atoms with Gasteiger partial charge in [-0.3, -0.25) is 10.1 Å². The Morgan fingerprint density at radius 1 is 1.21 bits per heavy atom. The highest BCUT2D eigenvalue weighted by molar-refractivity contribution is 7.88. The van der Waals surface area contributed by atoms with E-state index < -0.39 is 14.9 Å². The van der Waals surface area contributed by atoms with E-state index in [1.54, 1.807) is 6.07 Å². The van der Waals surface area contributed by atoms with Gasteiger partial charge in [-0.05, 0) is 18.4 Å². The van der Waals surface area contributed by atoms with Crippen LogP contribution in [-0.2, 0) is 15.8 Å². The number of rotatable bonds is 4. The zero-order valence-corrected chi connectivity index (χ0v) is 11.3. The van der Waals surface area contributed by atoms with Gasteiger partial charge in [0.1, 0.15) is 0 Å². The normalized spacial score (nSPS) is 17.3. The summed E-state index contributed by atoms with van der Waals surface area (Å²) < 4.78 is 25.9. The van der Waals surface area contributed by atoms with Gasteiger partial charge in [-0.15, -0.1) is 0 Å². The van der Waals surface area contributed by atoms with E-state index >= 15 is 0 Å². The number of hydrogen-bond acceptors (Lipinski definition) is 4. The average Bonchev–Trinajstić information content (AvgIpc) is 2.39. The van der Waals surface area contributed by atoms with E-state index in [4.69, 9.17) is 0 Å². The molecule has 7 heteroatoms. The topological polar surface area (TPSA) is 80.5 Å². The predicted molar refractivity (Wildman–Crippen MR) is 71.1 cm³/mol. The number of nitro benzene ring substituents is 1. The van der Waals surface area contributed by atoms with Gasteiger partial charge in [0, 0.05) is 25.2 Å². The summed E-state index contributed by atoms with van der Waals surface area (Å²) in [5.41, 5.74) is 0.381. The third-order valence-electron chi connectivity index (χ3n) is 3.18. The minimum absolute atomic E-state index is 0.0775. The van der Waals surface area contributed by atoms with Crippen LogP contribution in [0.2, 0.25) is 0 Å². The van der Waals surface area contributed by atoms with E-state index in [0.29, 0.717) is 18.7 Å². The molecule has 0 atom stereocenters. The monoisotopic (exact) mass is 284 g/mol. The first kappa shape index (κ1) is 14.0. The Morgan fingerprint density at radius 3 is 2.53 bits per heavy atom. The fourth-order valence-electron chi connectivity index (χ4n) is 2.20. The molecule has 1 saturated heterocycles. The van der Waals surface area contributed by atoms with Crippen LogP contribution in [0.25, 0.3) is 0 Å². The van der Waals surface area contributed by atoms with Crippen molar-refractivity contribution in [2.24, 2.45) is 0 Å². The fourth-order valence-corrected chi connectivity index (χ4v) is 3.80. The smallest absolute Gasteiger partial charge is 0.258 e. The first-order valence-corrected chi connectivity index (χ1v) is 7.81. The molecule has 0 N–H and O–H groups in total. The lowest BCUT2D eigenvalue weighted by Gasteiger charge is -2.25. The Kier molecular flexibility index (Phi) is 4.16. The van der Waals surface area contributed by atoms with Crippen molar-refractivity contribution in [1.29, 1.82) is 0 Å². The van der Waals surface area contributed by atoms with Crippen LogP contribution in [0.4, 0.5) is 5.69 Å². The molecule has 0 aliphatic carbocycles. The maximum Gasteiger partial charge on any atom is 0.269 e. The van der Waals surface area contributed by atoms with Crippen molar-refractivity contribution in [2.75, 3.05) is 13.1 Å². The molecule has 0 radical (unpaired) electrons. The van der Waals surface area contributed by atoms with E-state index in [1.807, 2.05) is 0 Å². The van der Waals surface area contributed by atoms with Crippen molar-refractivity contribution < 1.29 is 13.3 Å². The molecule has 0 aromatic heterocycles. The highest BCUT2D eigenvalue weighted by atomic mass is 32.2. The van der Waals surface area contributed by atoms with E-state index in [2.05, 4.69) is 0 Å². The molecule has 1 aliphatic heterocycles. The van der Waals surface area contributed by atoms with Crippen LogP contribution in [0.5, 0.6) is 0 Å². The largest absolute Gasteiger partial charge is 0.269 e. The molecule has 0 bridgehead atoms. The minimum Gasteiger partial charge on any atom is -0.258 e. The lowest BCUT2D eigenvalue weighted by atomic mass is 10.2. The lowest BCUT2D eigenvalue weighted by molar-refractivity contribution is -0.384. The Morgan fingerprint density at radius 2 is 1.89 bits per heavy atom. The third-order valence-corrected chi connectivity index (χ3v) is 5.03. The quantitative estimate of drug-likeness (QED) is 0.624. The summed E-state index contributed by atoms with van der Waals surface area (Å²) in [4.78, 5) is 10.1. The van der Waals surface area contributed by atoms with Crippen LogP contribution in [0, 0.1) is 10.1 Å². The van der Waals surface area contributed by atoms with E-state index in [1.165, 1.54) is 22.5 Å². The van der Waals surface area contributed by atoms with Gasteiger partial charge in [-0.1, -0.05) is 18.6 Å². The van der Waals surface area contributed by atoms with Gasteiger partial charge in [-0.25, -0.2) is 12.7 Å². The molecule has 1 aromatic rings. The van der Waals surface area contributed by atoms with Gasteiger partial charge in [0.15, 0.2) is 0 Å². The molecule has 1 heterocycles. The summed E-state index contributed by atoms with van der Waals surface area (Å²) in [6.45, 7) is 1.11. The summed E-state index contributed by atoms with van der Waals surface area (Å²) in [5, 5.41) is 10.7. The molecule has 1 fully saturated rings. The molecule has 0 amide bonds. The first-order chi connectivity index (χ1) is 8.99. The number of non-ortho nitro benzene ring substituents is 1. The lowest BCUT2D eigenvalue weighted by Crippen LogP contribution is -2.36. The van der Waals surface area contributed by atoms with Gasteiger partial charge in [-0.2, -0.15) is 0 Å². The van der Waals surface area contributed by atoms with Crippen molar-refractivity contribution in [1.82, 2.24) is 4.31 Å². The molecule has 19 heavy (non-hydrogen) atoms. The maximum atomic E-state index is 12.2. The maximum absolute atomic E-state index is 12.2. The third kappa shape index (κ3) is 3.51. The second-order valence-electron chi connectivity index (χ2n) is 4.64. The molecule has 0 saturated carbocycles. The number of nitro groups is 1. The summed E-state index contributed by atoms with van der Waals surface area (Å²) >= 11 is 0. The van der Waals surface area contributed by atoms with Crippen LogP contribution < -0.4 is 0 Å². The summed E-state index contributed by atoms with van der Waals surface area (Å²) in [6.07, 6.45) is 2.82. The van der Waals surface area contributed by atoms with Crippen LogP contribution in [0.1, 0.15) is 24.8 Å². The SMILES string of the molecule is O=[N+]([O-])c1cccc(CS(=O)(=O)N2CCCCC2)c1. The zero-order valence-electron chi connectivity index (χ0n) is 10.5. The van der Waals surface area contributed by atoms with Gasteiger partial charge < -0.3 is 0 Å². The predicted octanol–water partition coefficient (Wildman–Crippen LogP) is 1.91. The highest BCUT2D eigenvalue weighted by Crippen LogP contribution is 2.19. The Balaban J connectivity index is 2.15. The second-order valence-corrected chi connectivity index (χ2v) is 6.61. The number of benzene rings is 1. The highest BCUT2D eigenvalue weighted by Gasteiger charge is 2.24. The van der Waals surface area contributed by atoms with Crippen molar-refractivity contribution in [2.45, 2.75) is 25.0 Å². The number of piperidine rings is 1. The molecular weight excluding hydrogens is 268 g/mol. The fraction of sp³-hybridized carbons (Fsp3) is 0.500. The Bertz CT molecular complexity index is 565. The Hall–Kier alpha value is -1.47. The molecule has 2 rings (SSSR count). The minimum atomic E-state index is -3.37. The van der Waals surface area contributed by atoms with E-state index in [9.17, 15) is 18.5 Å². The molecule has 0 spiro atoms. The van der Waals surface area contributed by atoms with E-state index in [0.717, 1.165) is 19.3 Å². The molecule has 0 unspecified atom stereocenters. The van der Waals surface area contributed by atoms with Gasteiger partial charge in [0.25, 0.3) is 5.69 Å². The average molecular weight is 284 g/mol. The van der Waals surface area contributed by atoms with Crippen molar-refractivity contribution in [3.8, 4) is 0 Å². The van der Waals surface area contributed by atoms with Crippen LogP contribution in [0.3, 0.4) is 0 Å². The molecule has 1 aromatic carbocycles. The molecule has 6 nitrogen and oxygen atoms in total. The Labute approximate surface area is 112 Å². The van der Waals surface area contributed by atoms with E-state index in [-0.39, 0.29) is 11.4 Å². The van der Waals surface area contributed by atoms with Crippen LogP contribution in [0.15, 0.2) is 24.3 Å². The second kappa shape index (κ2) is 5.66. The first-order valence-electron chi connectivity index (χ1n) is 6.20. The molecular formula is C12H16N2O4S. The van der Waals surface area contributed by atoms with Crippen molar-refractivity contribution in [3.63, 3.8) is 0 Å². The van der Waals surface area contributed by atoms with Crippen molar-refractivity contribution in [3.05, 3.63) is 39.9 Å². The standard InChI is InChI=1S/C12H16N2O4S/c15-14(16)12-6-4-5-11(9-12)10-19(17,18)13-7-2-1-3-8-13/h4-6,9H,1-3,7-8,10H2. The van der Waals surface area contributed by atoms with Crippen LogP contribution >= 0.6 is 0 Å². The van der Waals surface area contributed by atoms with Crippen LogP contribution in [-0.4, -0.2) is 30.7 Å².